The fourth-order valence-electron chi connectivity index (χ4n) is 2.07. The summed E-state index contributed by atoms with van der Waals surface area (Å²) in [5.41, 5.74) is 1.23. The van der Waals surface area contributed by atoms with Crippen LogP contribution in [0.5, 0.6) is 5.75 Å². The van der Waals surface area contributed by atoms with Crippen LogP contribution < -0.4 is 10.1 Å². The molecule has 0 aliphatic carbocycles. The fraction of sp³-hybridized carbons (Fsp3) is 0.500. The van der Waals surface area contributed by atoms with Gasteiger partial charge in [0.25, 0.3) is 0 Å². The van der Waals surface area contributed by atoms with Crippen LogP contribution in [0.15, 0.2) is 28.8 Å². The lowest BCUT2D eigenvalue weighted by Crippen LogP contribution is -2.21. The van der Waals surface area contributed by atoms with Gasteiger partial charge in [0, 0.05) is 25.9 Å². The summed E-state index contributed by atoms with van der Waals surface area (Å²) in [6.45, 7) is 8.80. The summed E-state index contributed by atoms with van der Waals surface area (Å²) in [6, 6.07) is 8.47. The Balaban J connectivity index is 1.81. The number of aryl methyl sites for hydroxylation is 1. The van der Waals surface area contributed by atoms with Crippen molar-refractivity contribution in [2.75, 3.05) is 6.54 Å². The Morgan fingerprint density at radius 2 is 1.90 bits per heavy atom. The van der Waals surface area contributed by atoms with Crippen molar-refractivity contribution in [3.63, 3.8) is 0 Å². The molecule has 1 atom stereocenters. The Labute approximate surface area is 125 Å². The van der Waals surface area contributed by atoms with Crippen molar-refractivity contribution in [2.45, 2.75) is 46.3 Å². The number of benzene rings is 1. The van der Waals surface area contributed by atoms with Crippen LogP contribution >= 0.6 is 0 Å². The number of nitrogens with one attached hydrogen (secondary N) is 1. The van der Waals surface area contributed by atoms with Gasteiger partial charge in [0.05, 0.1) is 6.10 Å². The van der Waals surface area contributed by atoms with E-state index in [4.69, 9.17) is 9.26 Å². The minimum absolute atomic E-state index is 0.199. The van der Waals surface area contributed by atoms with Gasteiger partial charge in [-0.1, -0.05) is 17.3 Å². The molecule has 2 aromatic rings. The van der Waals surface area contributed by atoms with Crippen LogP contribution in [-0.4, -0.2) is 22.8 Å². The summed E-state index contributed by atoms with van der Waals surface area (Å²) in [5.74, 6) is 2.26. The van der Waals surface area contributed by atoms with E-state index >= 15 is 0 Å². The van der Waals surface area contributed by atoms with Crippen LogP contribution in [0.4, 0.5) is 0 Å². The number of hydrogen-bond donors (Lipinski definition) is 1. The molecule has 0 saturated heterocycles. The first-order chi connectivity index (χ1) is 10.0. The molecule has 2 rings (SSSR count). The highest BCUT2D eigenvalue weighted by atomic mass is 16.5. The van der Waals surface area contributed by atoms with E-state index < -0.39 is 0 Å². The van der Waals surface area contributed by atoms with Crippen LogP contribution in [0.2, 0.25) is 0 Å². The standard InChI is InChI=1S/C16H23N3O2/c1-11(2)20-15-7-5-14(6-8-15)12(3)17-10-9-16-18-13(4)21-19-16/h5-8,11-12,17H,9-10H2,1-4H3. The Morgan fingerprint density at radius 3 is 2.48 bits per heavy atom. The molecule has 0 saturated carbocycles. The molecule has 0 aliphatic heterocycles. The van der Waals surface area contributed by atoms with E-state index in [-0.39, 0.29) is 12.1 Å². The zero-order chi connectivity index (χ0) is 15.2. The summed E-state index contributed by atoms with van der Waals surface area (Å²) >= 11 is 0. The zero-order valence-corrected chi connectivity index (χ0v) is 13.1. The summed E-state index contributed by atoms with van der Waals surface area (Å²) in [4.78, 5) is 4.19. The zero-order valence-electron chi connectivity index (χ0n) is 13.1. The number of hydrogen-bond acceptors (Lipinski definition) is 5. The van der Waals surface area contributed by atoms with E-state index in [9.17, 15) is 0 Å². The lowest BCUT2D eigenvalue weighted by atomic mass is 10.1. The van der Waals surface area contributed by atoms with E-state index in [0.29, 0.717) is 5.89 Å². The topological polar surface area (TPSA) is 60.2 Å². The molecule has 0 aliphatic rings. The van der Waals surface area contributed by atoms with Gasteiger partial charge >= 0.3 is 0 Å². The first-order valence-electron chi connectivity index (χ1n) is 7.34. The predicted octanol–water partition coefficient (Wildman–Crippen LogP) is 3.06. The molecular formula is C16H23N3O2. The Hall–Kier alpha value is -1.88. The fourth-order valence-corrected chi connectivity index (χ4v) is 2.07. The van der Waals surface area contributed by atoms with Crippen molar-refractivity contribution >= 4 is 0 Å². The van der Waals surface area contributed by atoms with Gasteiger partial charge in [-0.25, -0.2) is 0 Å². The molecule has 5 nitrogen and oxygen atoms in total. The first-order valence-corrected chi connectivity index (χ1v) is 7.34. The molecule has 1 N–H and O–H groups in total. The van der Waals surface area contributed by atoms with Crippen LogP contribution in [0.25, 0.3) is 0 Å². The molecule has 0 bridgehead atoms. The van der Waals surface area contributed by atoms with Crippen molar-refractivity contribution in [3.05, 3.63) is 41.5 Å². The average molecular weight is 289 g/mol. The second-order valence-electron chi connectivity index (χ2n) is 5.39. The summed E-state index contributed by atoms with van der Waals surface area (Å²) < 4.78 is 10.6. The quantitative estimate of drug-likeness (QED) is 0.849. The van der Waals surface area contributed by atoms with Gasteiger partial charge in [0.2, 0.25) is 5.89 Å². The monoisotopic (exact) mass is 289 g/mol. The lowest BCUT2D eigenvalue weighted by Gasteiger charge is -2.15. The largest absolute Gasteiger partial charge is 0.491 e. The molecule has 0 amide bonds. The summed E-state index contributed by atoms with van der Waals surface area (Å²) in [5, 5.41) is 7.34. The van der Waals surface area contributed by atoms with Gasteiger partial charge in [-0.3, -0.25) is 0 Å². The van der Waals surface area contributed by atoms with Crippen LogP contribution in [-0.2, 0) is 6.42 Å². The molecule has 1 unspecified atom stereocenters. The maximum Gasteiger partial charge on any atom is 0.223 e. The van der Waals surface area contributed by atoms with Gasteiger partial charge in [-0.15, -0.1) is 0 Å². The third kappa shape index (κ3) is 4.86. The van der Waals surface area contributed by atoms with Crippen molar-refractivity contribution in [1.82, 2.24) is 15.5 Å². The van der Waals surface area contributed by atoms with E-state index in [1.807, 2.05) is 26.0 Å². The van der Waals surface area contributed by atoms with Crippen LogP contribution in [0.1, 0.15) is 44.1 Å². The number of nitrogens with zero attached hydrogens (tertiary/aromatic N) is 2. The van der Waals surface area contributed by atoms with E-state index in [1.54, 1.807) is 6.92 Å². The molecule has 0 spiro atoms. The molecule has 21 heavy (non-hydrogen) atoms. The Morgan fingerprint density at radius 1 is 1.19 bits per heavy atom. The van der Waals surface area contributed by atoms with Gasteiger partial charge in [-0.05, 0) is 38.5 Å². The van der Waals surface area contributed by atoms with Crippen molar-refractivity contribution in [2.24, 2.45) is 0 Å². The van der Waals surface area contributed by atoms with E-state index in [0.717, 1.165) is 24.5 Å². The van der Waals surface area contributed by atoms with Crippen molar-refractivity contribution in [1.29, 1.82) is 0 Å². The molecule has 1 aromatic carbocycles. The van der Waals surface area contributed by atoms with E-state index in [1.165, 1.54) is 5.56 Å². The maximum absolute atomic E-state index is 5.64. The molecule has 114 valence electrons. The SMILES string of the molecule is Cc1nc(CCNC(C)c2ccc(OC(C)C)cc2)no1. The van der Waals surface area contributed by atoms with Gasteiger partial charge in [0.1, 0.15) is 5.75 Å². The predicted molar refractivity (Wildman–Crippen MR) is 81.4 cm³/mol. The molecule has 0 radical (unpaired) electrons. The summed E-state index contributed by atoms with van der Waals surface area (Å²) in [7, 11) is 0. The Kier molecular flexibility index (Phi) is 5.33. The molecule has 5 heteroatoms. The van der Waals surface area contributed by atoms with Crippen LogP contribution in [0.3, 0.4) is 0 Å². The minimum atomic E-state index is 0.199. The molecule has 1 aromatic heterocycles. The van der Waals surface area contributed by atoms with Crippen molar-refractivity contribution < 1.29 is 9.26 Å². The minimum Gasteiger partial charge on any atom is -0.491 e. The Bertz CT molecular complexity index is 549. The van der Waals surface area contributed by atoms with Gasteiger partial charge < -0.3 is 14.6 Å². The second kappa shape index (κ2) is 7.22. The highest BCUT2D eigenvalue weighted by molar-refractivity contribution is 5.29. The lowest BCUT2D eigenvalue weighted by molar-refractivity contribution is 0.242. The normalized spacial score (nSPS) is 12.6. The smallest absolute Gasteiger partial charge is 0.223 e. The number of aromatic nitrogens is 2. The first kappa shape index (κ1) is 15.5. The van der Waals surface area contributed by atoms with Crippen molar-refractivity contribution in [3.8, 4) is 5.75 Å². The highest BCUT2D eigenvalue weighted by Crippen LogP contribution is 2.18. The number of ether oxygens (including phenoxy) is 1. The second-order valence-corrected chi connectivity index (χ2v) is 5.39. The molecular weight excluding hydrogens is 266 g/mol. The van der Waals surface area contributed by atoms with Crippen LogP contribution in [0, 0.1) is 6.92 Å². The molecule has 1 heterocycles. The highest BCUT2D eigenvalue weighted by Gasteiger charge is 2.07. The third-order valence-electron chi connectivity index (χ3n) is 3.12. The molecule has 0 fully saturated rings. The third-order valence-corrected chi connectivity index (χ3v) is 3.12. The van der Waals surface area contributed by atoms with Gasteiger partial charge in [-0.2, -0.15) is 4.98 Å². The van der Waals surface area contributed by atoms with Gasteiger partial charge in [0.15, 0.2) is 5.82 Å². The van der Waals surface area contributed by atoms with E-state index in [2.05, 4.69) is 34.5 Å². The number of rotatable bonds is 7. The average Bonchev–Trinajstić information content (AvgIpc) is 2.84. The maximum atomic E-state index is 5.64. The summed E-state index contributed by atoms with van der Waals surface area (Å²) in [6.07, 6.45) is 0.959.